The molecule has 1 aliphatic carbocycles. The van der Waals surface area contributed by atoms with Crippen molar-refractivity contribution in [1.29, 1.82) is 0 Å². The lowest BCUT2D eigenvalue weighted by Gasteiger charge is -2.12. The van der Waals surface area contributed by atoms with Gasteiger partial charge in [-0.1, -0.05) is 23.4 Å². The lowest BCUT2D eigenvalue weighted by atomic mass is 10.00. The van der Waals surface area contributed by atoms with Crippen LogP contribution in [0.1, 0.15) is 18.5 Å². The minimum absolute atomic E-state index is 0.272. The van der Waals surface area contributed by atoms with Gasteiger partial charge in [-0.05, 0) is 43.2 Å². The van der Waals surface area contributed by atoms with E-state index in [-0.39, 0.29) is 11.7 Å². The number of amides is 1. The topological polar surface area (TPSA) is 55.1 Å². The van der Waals surface area contributed by atoms with Gasteiger partial charge in [0.05, 0.1) is 16.7 Å². The van der Waals surface area contributed by atoms with Gasteiger partial charge in [0, 0.05) is 11.8 Å². The maximum absolute atomic E-state index is 13.9. The SMILES string of the molecule is O=C(Nc1cccc(F)c1)C1(c2cc(-c3ccccc3F)on2)CC1. The monoisotopic (exact) mass is 340 g/mol. The molecule has 0 aliphatic heterocycles. The van der Waals surface area contributed by atoms with Crippen LogP contribution in [0.5, 0.6) is 0 Å². The van der Waals surface area contributed by atoms with Crippen LogP contribution in [0.3, 0.4) is 0 Å². The smallest absolute Gasteiger partial charge is 0.236 e. The van der Waals surface area contributed by atoms with E-state index in [2.05, 4.69) is 10.5 Å². The van der Waals surface area contributed by atoms with Gasteiger partial charge in [-0.25, -0.2) is 8.78 Å². The summed E-state index contributed by atoms with van der Waals surface area (Å²) in [6.07, 6.45) is 1.22. The van der Waals surface area contributed by atoms with Crippen LogP contribution in [-0.4, -0.2) is 11.1 Å². The van der Waals surface area contributed by atoms with E-state index in [1.807, 2.05) is 0 Å². The van der Waals surface area contributed by atoms with Crippen LogP contribution in [0.25, 0.3) is 11.3 Å². The number of carbonyl (C=O) groups is 1. The third kappa shape index (κ3) is 2.80. The number of nitrogens with zero attached hydrogens (tertiary/aromatic N) is 1. The van der Waals surface area contributed by atoms with Crippen molar-refractivity contribution in [3.8, 4) is 11.3 Å². The van der Waals surface area contributed by atoms with Crippen LogP contribution < -0.4 is 5.32 Å². The van der Waals surface area contributed by atoms with E-state index in [1.165, 1.54) is 24.3 Å². The second-order valence-electron chi connectivity index (χ2n) is 6.10. The molecule has 0 unspecified atom stereocenters. The molecule has 1 N–H and O–H groups in total. The minimum Gasteiger partial charge on any atom is -0.356 e. The number of benzene rings is 2. The number of hydrogen-bond acceptors (Lipinski definition) is 3. The molecule has 1 aromatic heterocycles. The molecule has 0 saturated heterocycles. The molecule has 1 fully saturated rings. The van der Waals surface area contributed by atoms with Crippen molar-refractivity contribution in [2.24, 2.45) is 0 Å². The number of hydrogen-bond donors (Lipinski definition) is 1. The Hall–Kier alpha value is -3.02. The molecule has 6 heteroatoms. The molecule has 0 bridgehead atoms. The average molecular weight is 340 g/mol. The van der Waals surface area contributed by atoms with Gasteiger partial charge in [0.1, 0.15) is 11.6 Å². The molecule has 2 aromatic carbocycles. The first kappa shape index (κ1) is 15.5. The summed E-state index contributed by atoms with van der Waals surface area (Å²) < 4.78 is 32.4. The zero-order chi connectivity index (χ0) is 17.4. The summed E-state index contributed by atoms with van der Waals surface area (Å²) >= 11 is 0. The van der Waals surface area contributed by atoms with E-state index in [9.17, 15) is 13.6 Å². The van der Waals surface area contributed by atoms with Crippen molar-refractivity contribution >= 4 is 11.6 Å². The molecule has 0 spiro atoms. The van der Waals surface area contributed by atoms with Crippen molar-refractivity contribution in [3.63, 3.8) is 0 Å². The zero-order valence-electron chi connectivity index (χ0n) is 13.1. The number of anilines is 1. The van der Waals surface area contributed by atoms with Gasteiger partial charge in [0.25, 0.3) is 0 Å². The summed E-state index contributed by atoms with van der Waals surface area (Å²) in [4.78, 5) is 12.6. The van der Waals surface area contributed by atoms with Crippen molar-refractivity contribution in [3.05, 3.63) is 71.9 Å². The Morgan fingerprint density at radius 2 is 1.88 bits per heavy atom. The highest BCUT2D eigenvalue weighted by Crippen LogP contribution is 2.49. The van der Waals surface area contributed by atoms with Gasteiger partial charge in [-0.15, -0.1) is 0 Å². The largest absolute Gasteiger partial charge is 0.356 e. The minimum atomic E-state index is -0.806. The Labute approximate surface area is 142 Å². The van der Waals surface area contributed by atoms with Crippen molar-refractivity contribution in [2.45, 2.75) is 18.3 Å². The number of rotatable bonds is 4. The zero-order valence-corrected chi connectivity index (χ0v) is 13.1. The molecule has 0 atom stereocenters. The molecule has 4 rings (SSSR count). The van der Waals surface area contributed by atoms with E-state index < -0.39 is 17.0 Å². The fourth-order valence-corrected chi connectivity index (χ4v) is 2.83. The third-order valence-electron chi connectivity index (χ3n) is 4.41. The molecular weight excluding hydrogens is 326 g/mol. The van der Waals surface area contributed by atoms with Crippen molar-refractivity contribution < 1.29 is 18.1 Å². The summed E-state index contributed by atoms with van der Waals surface area (Å²) in [6, 6.07) is 13.5. The lowest BCUT2D eigenvalue weighted by Crippen LogP contribution is -2.28. The summed E-state index contributed by atoms with van der Waals surface area (Å²) in [5, 5.41) is 6.68. The number of aromatic nitrogens is 1. The first-order valence-corrected chi connectivity index (χ1v) is 7.88. The highest BCUT2D eigenvalue weighted by Gasteiger charge is 2.53. The Bertz CT molecular complexity index is 948. The van der Waals surface area contributed by atoms with Crippen LogP contribution in [0.2, 0.25) is 0 Å². The molecule has 25 heavy (non-hydrogen) atoms. The summed E-state index contributed by atoms with van der Waals surface area (Å²) in [7, 11) is 0. The summed E-state index contributed by atoms with van der Waals surface area (Å²) in [5.74, 6) is -0.838. The van der Waals surface area contributed by atoms with Crippen LogP contribution >= 0.6 is 0 Å². The molecule has 1 amide bonds. The first-order chi connectivity index (χ1) is 12.1. The van der Waals surface area contributed by atoms with Gasteiger partial charge in [-0.2, -0.15) is 0 Å². The van der Waals surface area contributed by atoms with Crippen LogP contribution in [0, 0.1) is 11.6 Å². The highest BCUT2D eigenvalue weighted by atomic mass is 19.1. The number of carbonyl (C=O) groups excluding carboxylic acids is 1. The molecule has 1 aliphatic rings. The predicted molar refractivity (Wildman–Crippen MR) is 87.8 cm³/mol. The van der Waals surface area contributed by atoms with Gasteiger partial charge >= 0.3 is 0 Å². The van der Waals surface area contributed by atoms with Gasteiger partial charge in [0.15, 0.2) is 5.76 Å². The van der Waals surface area contributed by atoms with Crippen LogP contribution in [0.15, 0.2) is 59.1 Å². The average Bonchev–Trinajstić information content (AvgIpc) is 3.27. The molecule has 1 saturated carbocycles. The van der Waals surface area contributed by atoms with E-state index in [4.69, 9.17) is 4.52 Å². The molecule has 126 valence electrons. The van der Waals surface area contributed by atoms with Crippen molar-refractivity contribution in [2.75, 3.05) is 5.32 Å². The molecular formula is C19H14F2N2O2. The maximum atomic E-state index is 13.9. The Morgan fingerprint density at radius 1 is 1.08 bits per heavy atom. The van der Waals surface area contributed by atoms with E-state index in [0.717, 1.165) is 0 Å². The van der Waals surface area contributed by atoms with Gasteiger partial charge in [0.2, 0.25) is 5.91 Å². The van der Waals surface area contributed by atoms with Gasteiger partial charge < -0.3 is 9.84 Å². The Balaban J connectivity index is 1.59. The standard InChI is InChI=1S/C19H14F2N2O2/c20-12-4-3-5-13(10-12)22-18(24)19(8-9-19)17-11-16(25-23-17)14-6-1-2-7-15(14)21/h1-7,10-11H,8-9H2,(H,22,24). The molecule has 3 aromatic rings. The molecule has 4 nitrogen and oxygen atoms in total. The summed E-state index contributed by atoms with van der Waals surface area (Å²) in [5.41, 5.74) is 0.329. The predicted octanol–water partition coefficient (Wildman–Crippen LogP) is 4.29. The first-order valence-electron chi connectivity index (χ1n) is 7.88. The fraction of sp³-hybridized carbons (Fsp3) is 0.158. The maximum Gasteiger partial charge on any atom is 0.236 e. The quantitative estimate of drug-likeness (QED) is 0.771. The number of nitrogens with one attached hydrogen (secondary N) is 1. The Kier molecular flexibility index (Phi) is 3.60. The van der Waals surface area contributed by atoms with E-state index in [1.54, 1.807) is 30.3 Å². The van der Waals surface area contributed by atoms with Crippen molar-refractivity contribution in [1.82, 2.24) is 5.16 Å². The summed E-state index contributed by atoms with van der Waals surface area (Å²) in [6.45, 7) is 0. The number of halogens is 2. The normalized spacial score (nSPS) is 15.0. The second kappa shape index (κ2) is 5.81. The third-order valence-corrected chi connectivity index (χ3v) is 4.41. The van der Waals surface area contributed by atoms with Gasteiger partial charge in [-0.3, -0.25) is 4.79 Å². The highest BCUT2D eigenvalue weighted by molar-refractivity contribution is 6.01. The molecule has 1 heterocycles. The second-order valence-corrected chi connectivity index (χ2v) is 6.10. The fourth-order valence-electron chi connectivity index (χ4n) is 2.83. The van der Waals surface area contributed by atoms with E-state index in [0.29, 0.717) is 29.8 Å². The van der Waals surface area contributed by atoms with Crippen LogP contribution in [-0.2, 0) is 10.2 Å². The lowest BCUT2D eigenvalue weighted by molar-refractivity contribution is -0.118. The Morgan fingerprint density at radius 3 is 2.60 bits per heavy atom. The van der Waals surface area contributed by atoms with Crippen LogP contribution in [0.4, 0.5) is 14.5 Å². The van der Waals surface area contributed by atoms with E-state index >= 15 is 0 Å². The molecule has 0 radical (unpaired) electrons.